The first kappa shape index (κ1) is 13.8. The zero-order chi connectivity index (χ0) is 13.2. The van der Waals surface area contributed by atoms with Crippen LogP contribution in [0.3, 0.4) is 0 Å². The van der Waals surface area contributed by atoms with Gasteiger partial charge in [0.05, 0.1) is 16.1 Å². The summed E-state index contributed by atoms with van der Waals surface area (Å²) in [6, 6.07) is 2.49. The van der Waals surface area contributed by atoms with E-state index in [1.807, 2.05) is 0 Å². The van der Waals surface area contributed by atoms with E-state index < -0.39 is 17.6 Å². The Bertz CT molecular complexity index is 429. The lowest BCUT2D eigenvalue weighted by atomic mass is 10.1. The smallest absolute Gasteiger partial charge is 0.350 e. The molecule has 0 aromatic heterocycles. The number of carbonyl (C=O) groups excluding carboxylic acids is 1. The number of hydrogen-bond acceptors (Lipinski definition) is 1. The van der Waals surface area contributed by atoms with E-state index in [0.29, 0.717) is 0 Å². The summed E-state index contributed by atoms with van der Waals surface area (Å²) in [5.41, 5.74) is -1.06. The summed E-state index contributed by atoms with van der Waals surface area (Å²) in [5, 5.41) is 2.48. The number of halogens is 4. The van der Waals surface area contributed by atoms with Gasteiger partial charge in [-0.05, 0) is 32.0 Å². The maximum absolute atomic E-state index is 12.5. The van der Waals surface area contributed by atoms with Crippen LogP contribution in [-0.2, 0) is 6.18 Å². The minimum absolute atomic E-state index is 0.00356. The molecule has 1 aromatic carbocycles. The average Bonchev–Trinajstić information content (AvgIpc) is 2.15. The van der Waals surface area contributed by atoms with Gasteiger partial charge in [0.25, 0.3) is 5.91 Å². The van der Waals surface area contributed by atoms with Gasteiger partial charge in [-0.1, -0.05) is 11.6 Å². The fourth-order valence-electron chi connectivity index (χ4n) is 1.22. The van der Waals surface area contributed by atoms with Crippen molar-refractivity contribution in [1.82, 2.24) is 5.32 Å². The van der Waals surface area contributed by atoms with E-state index in [1.165, 1.54) is 0 Å². The van der Waals surface area contributed by atoms with Crippen molar-refractivity contribution in [3.05, 3.63) is 34.3 Å². The Labute approximate surface area is 102 Å². The van der Waals surface area contributed by atoms with E-state index in [1.54, 1.807) is 13.8 Å². The summed E-state index contributed by atoms with van der Waals surface area (Å²) in [7, 11) is 0. The summed E-state index contributed by atoms with van der Waals surface area (Å²) in [4.78, 5) is 11.6. The molecule has 0 aliphatic carbocycles. The third kappa shape index (κ3) is 3.63. The van der Waals surface area contributed by atoms with E-state index in [9.17, 15) is 18.0 Å². The number of hydrogen-bond donors (Lipinski definition) is 1. The first-order valence-electron chi connectivity index (χ1n) is 4.89. The second-order valence-electron chi connectivity index (χ2n) is 3.82. The monoisotopic (exact) mass is 265 g/mol. The highest BCUT2D eigenvalue weighted by Gasteiger charge is 2.31. The van der Waals surface area contributed by atoms with Crippen LogP contribution in [-0.4, -0.2) is 11.9 Å². The van der Waals surface area contributed by atoms with Gasteiger partial charge in [-0.15, -0.1) is 0 Å². The van der Waals surface area contributed by atoms with Crippen molar-refractivity contribution in [2.75, 3.05) is 0 Å². The minimum atomic E-state index is -4.49. The highest BCUT2D eigenvalue weighted by atomic mass is 35.5. The lowest BCUT2D eigenvalue weighted by Gasteiger charge is -2.12. The molecule has 0 bridgehead atoms. The van der Waals surface area contributed by atoms with Gasteiger partial charge in [0, 0.05) is 6.04 Å². The number of alkyl halides is 3. The third-order valence-corrected chi connectivity index (χ3v) is 2.29. The molecule has 0 radical (unpaired) electrons. The van der Waals surface area contributed by atoms with E-state index >= 15 is 0 Å². The second kappa shape index (κ2) is 4.96. The Morgan fingerprint density at radius 3 is 2.41 bits per heavy atom. The lowest BCUT2D eigenvalue weighted by Crippen LogP contribution is -2.30. The molecule has 0 spiro atoms. The Balaban J connectivity index is 3.11. The first-order valence-corrected chi connectivity index (χ1v) is 5.27. The lowest BCUT2D eigenvalue weighted by molar-refractivity contribution is -0.137. The van der Waals surface area contributed by atoms with Crippen LogP contribution in [0.15, 0.2) is 18.2 Å². The van der Waals surface area contributed by atoms with Gasteiger partial charge in [-0.3, -0.25) is 4.79 Å². The maximum Gasteiger partial charge on any atom is 0.416 e. The fraction of sp³-hybridized carbons (Fsp3) is 0.364. The summed E-state index contributed by atoms with van der Waals surface area (Å²) in [6.07, 6.45) is -4.49. The van der Waals surface area contributed by atoms with Gasteiger partial charge < -0.3 is 5.32 Å². The standard InChI is InChI=1S/C11H11ClF3NO/c1-6(2)16-10(17)8-5-7(11(13,14)15)3-4-9(8)12/h3-6H,1-2H3,(H,16,17). The van der Waals surface area contributed by atoms with Crippen molar-refractivity contribution in [3.8, 4) is 0 Å². The molecule has 6 heteroatoms. The molecule has 17 heavy (non-hydrogen) atoms. The van der Waals surface area contributed by atoms with Gasteiger partial charge in [-0.25, -0.2) is 0 Å². The fourth-order valence-corrected chi connectivity index (χ4v) is 1.42. The molecule has 0 fully saturated rings. The number of carbonyl (C=O) groups is 1. The average molecular weight is 266 g/mol. The van der Waals surface area contributed by atoms with Crippen LogP contribution < -0.4 is 5.32 Å². The van der Waals surface area contributed by atoms with Crippen molar-refractivity contribution in [2.24, 2.45) is 0 Å². The van der Waals surface area contributed by atoms with Crippen LogP contribution in [0.25, 0.3) is 0 Å². The van der Waals surface area contributed by atoms with Gasteiger partial charge >= 0.3 is 6.18 Å². The summed E-state index contributed by atoms with van der Waals surface area (Å²) < 4.78 is 37.4. The quantitative estimate of drug-likeness (QED) is 0.871. The second-order valence-corrected chi connectivity index (χ2v) is 4.23. The summed E-state index contributed by atoms with van der Waals surface area (Å²) >= 11 is 5.70. The molecule has 0 saturated carbocycles. The van der Waals surface area contributed by atoms with Crippen molar-refractivity contribution in [3.63, 3.8) is 0 Å². The van der Waals surface area contributed by atoms with Crippen LogP contribution in [0.5, 0.6) is 0 Å². The zero-order valence-corrected chi connectivity index (χ0v) is 9.99. The van der Waals surface area contributed by atoms with E-state index in [0.717, 1.165) is 18.2 Å². The topological polar surface area (TPSA) is 29.1 Å². The van der Waals surface area contributed by atoms with Crippen molar-refractivity contribution >= 4 is 17.5 Å². The van der Waals surface area contributed by atoms with Crippen LogP contribution >= 0.6 is 11.6 Å². The van der Waals surface area contributed by atoms with Crippen molar-refractivity contribution < 1.29 is 18.0 Å². The molecule has 2 nitrogen and oxygen atoms in total. The Hall–Kier alpha value is -1.23. The minimum Gasteiger partial charge on any atom is -0.350 e. The normalized spacial score (nSPS) is 11.7. The van der Waals surface area contributed by atoms with Crippen molar-refractivity contribution in [2.45, 2.75) is 26.1 Å². The summed E-state index contributed by atoms with van der Waals surface area (Å²) in [6.45, 7) is 3.42. The first-order chi connectivity index (χ1) is 7.71. The highest BCUT2D eigenvalue weighted by Crippen LogP contribution is 2.31. The van der Waals surface area contributed by atoms with Crippen LogP contribution in [0.4, 0.5) is 13.2 Å². The van der Waals surface area contributed by atoms with E-state index in [2.05, 4.69) is 5.32 Å². The number of amides is 1. The third-order valence-electron chi connectivity index (χ3n) is 1.96. The molecule has 1 amide bonds. The molecule has 94 valence electrons. The molecule has 1 N–H and O–H groups in total. The number of nitrogens with one attached hydrogen (secondary N) is 1. The molecule has 0 unspecified atom stereocenters. The molecule has 0 saturated heterocycles. The zero-order valence-electron chi connectivity index (χ0n) is 9.23. The number of rotatable bonds is 2. The van der Waals surface area contributed by atoms with Gasteiger partial charge in [0.2, 0.25) is 0 Å². The molecular formula is C11H11ClF3NO. The van der Waals surface area contributed by atoms with Gasteiger partial charge in [0.1, 0.15) is 0 Å². The molecule has 0 aliphatic rings. The largest absolute Gasteiger partial charge is 0.416 e. The van der Waals surface area contributed by atoms with Gasteiger partial charge in [-0.2, -0.15) is 13.2 Å². The Morgan fingerprint density at radius 1 is 1.35 bits per heavy atom. The van der Waals surface area contributed by atoms with Crippen LogP contribution in [0, 0.1) is 0 Å². The van der Waals surface area contributed by atoms with Crippen LogP contribution in [0.2, 0.25) is 5.02 Å². The number of benzene rings is 1. The molecular weight excluding hydrogens is 255 g/mol. The maximum atomic E-state index is 12.5. The van der Waals surface area contributed by atoms with Crippen molar-refractivity contribution in [1.29, 1.82) is 0 Å². The van der Waals surface area contributed by atoms with Gasteiger partial charge in [0.15, 0.2) is 0 Å². The molecule has 1 aromatic rings. The Morgan fingerprint density at radius 2 is 1.94 bits per heavy atom. The van der Waals surface area contributed by atoms with E-state index in [-0.39, 0.29) is 16.6 Å². The molecule has 1 rings (SSSR count). The molecule has 0 atom stereocenters. The Kier molecular flexibility index (Phi) is 4.03. The molecule has 0 heterocycles. The highest BCUT2D eigenvalue weighted by molar-refractivity contribution is 6.33. The predicted octanol–water partition coefficient (Wildman–Crippen LogP) is 3.50. The van der Waals surface area contributed by atoms with E-state index in [4.69, 9.17) is 11.6 Å². The molecule has 0 aliphatic heterocycles. The van der Waals surface area contributed by atoms with Crippen LogP contribution in [0.1, 0.15) is 29.8 Å². The SMILES string of the molecule is CC(C)NC(=O)c1cc(C(F)(F)F)ccc1Cl. The predicted molar refractivity (Wildman–Crippen MR) is 59.1 cm³/mol. The summed E-state index contributed by atoms with van der Waals surface area (Å²) in [5.74, 6) is -0.615.